The molecule has 3 aromatic rings. The van der Waals surface area contributed by atoms with Crippen LogP contribution in [-0.2, 0) is 6.42 Å². The van der Waals surface area contributed by atoms with Gasteiger partial charge in [-0.2, -0.15) is 4.98 Å². The molecule has 0 aliphatic carbocycles. The zero-order valence-corrected chi connectivity index (χ0v) is 16.3. The molecule has 0 unspecified atom stereocenters. The van der Waals surface area contributed by atoms with Crippen LogP contribution in [-0.4, -0.2) is 41.1 Å². The lowest BCUT2D eigenvalue weighted by Crippen LogP contribution is -2.48. The molecule has 1 aliphatic heterocycles. The van der Waals surface area contributed by atoms with E-state index in [1.54, 1.807) is 12.0 Å². The van der Waals surface area contributed by atoms with Crippen LogP contribution >= 0.6 is 15.9 Å². The van der Waals surface area contributed by atoms with Gasteiger partial charge in [-0.3, -0.25) is 4.79 Å². The average Bonchev–Trinajstić information content (AvgIpc) is 3.09. The number of amides is 1. The lowest BCUT2D eigenvalue weighted by Gasteiger charge is -2.37. The monoisotopic (exact) mass is 427 g/mol. The quantitative estimate of drug-likeness (QED) is 0.621. The Morgan fingerprint density at radius 1 is 1.26 bits per heavy atom. The van der Waals surface area contributed by atoms with Gasteiger partial charge in [0, 0.05) is 35.1 Å². The second-order valence-electron chi connectivity index (χ2n) is 6.45. The van der Waals surface area contributed by atoms with Crippen molar-refractivity contribution >= 4 is 21.8 Å². The van der Waals surface area contributed by atoms with Crippen molar-refractivity contribution in [2.45, 2.75) is 12.3 Å². The van der Waals surface area contributed by atoms with Crippen LogP contribution in [0.1, 0.15) is 33.6 Å². The topological polar surface area (TPSA) is 68.5 Å². The Balaban J connectivity index is 1.38. The Bertz CT molecular complexity index is 966. The third-order valence-electron chi connectivity index (χ3n) is 4.61. The Hall–Kier alpha value is -2.67. The summed E-state index contributed by atoms with van der Waals surface area (Å²) in [7, 11) is 1.64. The molecule has 0 bridgehead atoms. The Morgan fingerprint density at radius 2 is 2.07 bits per heavy atom. The first-order chi connectivity index (χ1) is 13.1. The fraction of sp³-hybridized carbons (Fsp3) is 0.250. The lowest BCUT2D eigenvalue weighted by molar-refractivity contribution is 0.0569. The highest BCUT2D eigenvalue weighted by Gasteiger charge is 2.36. The van der Waals surface area contributed by atoms with Crippen LogP contribution in [0.4, 0.5) is 0 Å². The van der Waals surface area contributed by atoms with Crippen LogP contribution in [0.3, 0.4) is 0 Å². The first-order valence-electron chi connectivity index (χ1n) is 8.63. The lowest BCUT2D eigenvalue weighted by atomic mass is 9.98. The minimum Gasteiger partial charge on any atom is -0.496 e. The summed E-state index contributed by atoms with van der Waals surface area (Å²) in [6.07, 6.45) is 0.543. The zero-order valence-electron chi connectivity index (χ0n) is 14.8. The number of hydrogen-bond donors (Lipinski definition) is 0. The number of methoxy groups -OCH3 is 1. The van der Waals surface area contributed by atoms with Gasteiger partial charge in [0.25, 0.3) is 5.91 Å². The molecule has 27 heavy (non-hydrogen) atoms. The van der Waals surface area contributed by atoms with Crippen molar-refractivity contribution in [3.8, 4) is 5.75 Å². The van der Waals surface area contributed by atoms with Crippen LogP contribution in [0.25, 0.3) is 0 Å². The Labute approximate surface area is 165 Å². The largest absolute Gasteiger partial charge is 0.496 e. The van der Waals surface area contributed by atoms with Crippen molar-refractivity contribution in [1.29, 1.82) is 0 Å². The molecule has 4 rings (SSSR count). The molecule has 2 aromatic carbocycles. The number of likely N-dealkylation sites (tertiary alicyclic amines) is 1. The smallest absolute Gasteiger partial charge is 0.253 e. The molecule has 1 fully saturated rings. The molecule has 0 saturated carbocycles. The van der Waals surface area contributed by atoms with Crippen molar-refractivity contribution in [2.24, 2.45) is 0 Å². The predicted molar refractivity (Wildman–Crippen MR) is 103 cm³/mol. The van der Waals surface area contributed by atoms with E-state index in [1.807, 2.05) is 48.5 Å². The van der Waals surface area contributed by atoms with E-state index in [9.17, 15) is 4.79 Å². The summed E-state index contributed by atoms with van der Waals surface area (Å²) >= 11 is 3.40. The minimum atomic E-state index is 0.0151. The molecular formula is C20H18BrN3O3. The van der Waals surface area contributed by atoms with E-state index >= 15 is 0 Å². The summed E-state index contributed by atoms with van der Waals surface area (Å²) in [5, 5.41) is 4.08. The van der Waals surface area contributed by atoms with Gasteiger partial charge >= 0.3 is 0 Å². The molecule has 2 heterocycles. The van der Waals surface area contributed by atoms with Crippen molar-refractivity contribution in [1.82, 2.24) is 15.0 Å². The molecule has 0 radical (unpaired) electrons. The first-order valence-corrected chi connectivity index (χ1v) is 9.42. The van der Waals surface area contributed by atoms with Crippen LogP contribution < -0.4 is 4.74 Å². The van der Waals surface area contributed by atoms with Crippen LogP contribution in [0.2, 0.25) is 0 Å². The maximum atomic E-state index is 12.5. The Morgan fingerprint density at radius 3 is 2.85 bits per heavy atom. The van der Waals surface area contributed by atoms with E-state index in [2.05, 4.69) is 26.1 Å². The molecule has 138 valence electrons. The van der Waals surface area contributed by atoms with E-state index in [4.69, 9.17) is 9.26 Å². The molecule has 0 spiro atoms. The SMILES string of the molecule is COc1ccccc1Cc1noc(C2CN(C(=O)c3cccc(Br)c3)C2)n1. The summed E-state index contributed by atoms with van der Waals surface area (Å²) in [6.45, 7) is 1.17. The van der Waals surface area contributed by atoms with E-state index in [0.717, 1.165) is 15.8 Å². The highest BCUT2D eigenvalue weighted by atomic mass is 79.9. The number of para-hydroxylation sites is 1. The van der Waals surface area contributed by atoms with Gasteiger partial charge in [0.05, 0.1) is 13.0 Å². The molecule has 6 nitrogen and oxygen atoms in total. The molecule has 1 amide bonds. The van der Waals surface area contributed by atoms with Crippen molar-refractivity contribution < 1.29 is 14.1 Å². The van der Waals surface area contributed by atoms with Gasteiger partial charge in [0.15, 0.2) is 5.82 Å². The van der Waals surface area contributed by atoms with E-state index in [1.165, 1.54) is 0 Å². The van der Waals surface area contributed by atoms with E-state index < -0.39 is 0 Å². The first kappa shape index (κ1) is 17.7. The van der Waals surface area contributed by atoms with Gasteiger partial charge in [0.2, 0.25) is 5.89 Å². The summed E-state index contributed by atoms with van der Waals surface area (Å²) in [4.78, 5) is 18.8. The fourth-order valence-corrected chi connectivity index (χ4v) is 3.53. The molecule has 1 aliphatic rings. The fourth-order valence-electron chi connectivity index (χ4n) is 3.13. The van der Waals surface area contributed by atoms with Gasteiger partial charge in [-0.25, -0.2) is 0 Å². The van der Waals surface area contributed by atoms with Gasteiger partial charge in [-0.1, -0.05) is 45.4 Å². The molecule has 1 saturated heterocycles. The van der Waals surface area contributed by atoms with Gasteiger partial charge < -0.3 is 14.2 Å². The minimum absolute atomic E-state index is 0.0151. The standard InChI is InChI=1S/C20H18BrN3O3/c1-26-17-8-3-2-5-13(17)10-18-22-19(27-23-18)15-11-24(12-15)20(25)14-6-4-7-16(21)9-14/h2-9,15H,10-12H2,1H3. The third-order valence-corrected chi connectivity index (χ3v) is 5.11. The van der Waals surface area contributed by atoms with Crippen molar-refractivity contribution in [2.75, 3.05) is 20.2 Å². The number of halogens is 1. The number of carbonyl (C=O) groups is 1. The predicted octanol–water partition coefficient (Wildman–Crippen LogP) is 3.67. The van der Waals surface area contributed by atoms with Crippen LogP contribution in [0.5, 0.6) is 5.75 Å². The number of aromatic nitrogens is 2. The Kier molecular flexibility index (Phi) is 4.94. The number of nitrogens with zero attached hydrogens (tertiary/aromatic N) is 3. The van der Waals surface area contributed by atoms with Crippen LogP contribution in [0.15, 0.2) is 57.5 Å². The zero-order chi connectivity index (χ0) is 18.8. The third kappa shape index (κ3) is 3.73. The van der Waals surface area contributed by atoms with Crippen molar-refractivity contribution in [3.63, 3.8) is 0 Å². The number of hydrogen-bond acceptors (Lipinski definition) is 5. The van der Waals surface area contributed by atoms with E-state index in [0.29, 0.717) is 36.8 Å². The number of benzene rings is 2. The van der Waals surface area contributed by atoms with Crippen LogP contribution in [0, 0.1) is 0 Å². The number of carbonyl (C=O) groups excluding carboxylic acids is 1. The average molecular weight is 428 g/mol. The van der Waals surface area contributed by atoms with Gasteiger partial charge in [-0.05, 0) is 24.3 Å². The molecule has 7 heteroatoms. The molecule has 0 N–H and O–H groups in total. The normalized spacial score (nSPS) is 14.1. The summed E-state index contributed by atoms with van der Waals surface area (Å²) < 4.78 is 11.7. The van der Waals surface area contributed by atoms with Crippen molar-refractivity contribution in [3.05, 3.63) is 75.8 Å². The summed E-state index contributed by atoms with van der Waals surface area (Å²) in [6, 6.07) is 15.2. The maximum absolute atomic E-state index is 12.5. The maximum Gasteiger partial charge on any atom is 0.253 e. The van der Waals surface area contributed by atoms with Gasteiger partial charge in [-0.15, -0.1) is 0 Å². The highest BCUT2D eigenvalue weighted by Crippen LogP contribution is 2.28. The van der Waals surface area contributed by atoms with Gasteiger partial charge in [0.1, 0.15) is 5.75 Å². The second kappa shape index (κ2) is 7.52. The number of rotatable bonds is 5. The molecule has 0 atom stereocenters. The highest BCUT2D eigenvalue weighted by molar-refractivity contribution is 9.10. The number of ether oxygens (including phenoxy) is 1. The molecule has 1 aromatic heterocycles. The second-order valence-corrected chi connectivity index (χ2v) is 7.37. The summed E-state index contributed by atoms with van der Waals surface area (Å²) in [5.41, 5.74) is 1.68. The molecular weight excluding hydrogens is 410 g/mol. The van der Waals surface area contributed by atoms with E-state index in [-0.39, 0.29) is 11.8 Å². The summed E-state index contributed by atoms with van der Waals surface area (Å²) in [5.74, 6) is 2.10.